The average Bonchev–Trinajstić information content (AvgIpc) is 2.98. The van der Waals surface area contributed by atoms with E-state index in [0.717, 1.165) is 28.8 Å². The number of nitrogen functional groups attached to an aromatic ring is 1. The highest BCUT2D eigenvalue weighted by molar-refractivity contribution is 7.99. The molecule has 0 saturated heterocycles. The third kappa shape index (κ3) is 4.83. The van der Waals surface area contributed by atoms with E-state index >= 15 is 0 Å². The molecule has 4 N–H and O–H groups in total. The van der Waals surface area contributed by atoms with Crippen LogP contribution >= 0.6 is 23.5 Å². The Balaban J connectivity index is 1.80. The van der Waals surface area contributed by atoms with Crippen LogP contribution in [0.4, 0.5) is 5.95 Å². The topological polar surface area (TPSA) is 119 Å². The van der Waals surface area contributed by atoms with Gasteiger partial charge in [-0.2, -0.15) is 4.98 Å². The molecule has 0 amide bonds. The molecule has 0 bridgehead atoms. The number of H-pyrrole nitrogens is 1. The molecule has 0 radical (unpaired) electrons. The van der Waals surface area contributed by atoms with Gasteiger partial charge in [-0.05, 0) is 31.2 Å². The number of nitrogens with two attached hydrogens (primary N) is 1. The van der Waals surface area contributed by atoms with Gasteiger partial charge in [0.2, 0.25) is 5.95 Å². The molecule has 2 heterocycles. The van der Waals surface area contributed by atoms with Gasteiger partial charge >= 0.3 is 0 Å². The Morgan fingerprint density at radius 1 is 1.26 bits per heavy atom. The van der Waals surface area contributed by atoms with Crippen LogP contribution in [0.5, 0.6) is 0 Å². The fraction of sp³-hybridized carbons (Fsp3) is 0.353. The summed E-state index contributed by atoms with van der Waals surface area (Å²) in [6.07, 6.45) is 0. The van der Waals surface area contributed by atoms with Gasteiger partial charge in [0, 0.05) is 28.7 Å². The second kappa shape index (κ2) is 9.27. The van der Waals surface area contributed by atoms with E-state index in [2.05, 4.69) is 15.0 Å². The van der Waals surface area contributed by atoms with Gasteiger partial charge in [-0.25, -0.2) is 4.98 Å². The van der Waals surface area contributed by atoms with Gasteiger partial charge in [0.1, 0.15) is 0 Å². The largest absolute Gasteiger partial charge is 0.395 e. The molecule has 0 fully saturated rings. The lowest BCUT2D eigenvalue weighted by Crippen LogP contribution is -2.12. The first-order valence-electron chi connectivity index (χ1n) is 8.47. The SMILES string of the molecule is CCOCCSc1ccc(Sc2nc3c(=O)[nH]c(N)nc3n2CCO)cc1. The zero-order chi connectivity index (χ0) is 19.2. The highest BCUT2D eigenvalue weighted by Crippen LogP contribution is 2.30. The molecule has 0 saturated carbocycles. The minimum absolute atomic E-state index is 0.0246. The third-order valence-electron chi connectivity index (χ3n) is 3.65. The lowest BCUT2D eigenvalue weighted by atomic mass is 10.4. The first kappa shape index (κ1) is 19.7. The standard InChI is InChI=1S/C17H21N5O3S2/c1-2-25-9-10-26-11-3-5-12(6-4-11)27-17-19-13-14(22(17)7-8-23)20-16(18)21-15(13)24/h3-6,23H,2,7-10H2,1H3,(H3,18,20,21,24). The van der Waals surface area contributed by atoms with Crippen molar-refractivity contribution in [3.05, 3.63) is 34.6 Å². The number of aromatic nitrogens is 4. The maximum absolute atomic E-state index is 12.1. The summed E-state index contributed by atoms with van der Waals surface area (Å²) < 4.78 is 7.05. The normalized spacial score (nSPS) is 11.3. The number of imidazole rings is 1. The summed E-state index contributed by atoms with van der Waals surface area (Å²) in [5.41, 5.74) is 5.83. The van der Waals surface area contributed by atoms with Crippen molar-refractivity contribution in [3.8, 4) is 0 Å². The number of hydrogen-bond donors (Lipinski definition) is 3. The molecule has 0 atom stereocenters. The molecule has 0 aliphatic carbocycles. The van der Waals surface area contributed by atoms with Crippen LogP contribution in [0.15, 0.2) is 44.0 Å². The fourth-order valence-corrected chi connectivity index (χ4v) is 4.13. The maximum Gasteiger partial charge on any atom is 0.280 e. The van der Waals surface area contributed by atoms with Crippen molar-refractivity contribution < 1.29 is 9.84 Å². The molecule has 0 unspecified atom stereocenters. The molecule has 0 aliphatic heterocycles. The van der Waals surface area contributed by atoms with Crippen molar-refractivity contribution in [1.29, 1.82) is 0 Å². The molecule has 3 rings (SSSR count). The van der Waals surface area contributed by atoms with E-state index in [1.165, 1.54) is 11.8 Å². The number of nitrogens with one attached hydrogen (secondary N) is 1. The summed E-state index contributed by atoms with van der Waals surface area (Å²) in [5.74, 6) is 0.930. The van der Waals surface area contributed by atoms with E-state index in [1.54, 1.807) is 16.3 Å². The predicted molar refractivity (Wildman–Crippen MR) is 107 cm³/mol. The number of benzene rings is 1. The minimum atomic E-state index is -0.392. The minimum Gasteiger partial charge on any atom is -0.395 e. The quantitative estimate of drug-likeness (QED) is 0.364. The van der Waals surface area contributed by atoms with E-state index in [9.17, 15) is 9.90 Å². The molecule has 8 nitrogen and oxygen atoms in total. The number of ether oxygens (including phenoxy) is 1. The molecule has 27 heavy (non-hydrogen) atoms. The number of thioether (sulfide) groups is 1. The molecular formula is C17H21N5O3S2. The van der Waals surface area contributed by atoms with Crippen molar-refractivity contribution in [1.82, 2.24) is 19.5 Å². The van der Waals surface area contributed by atoms with Crippen molar-refractivity contribution in [2.45, 2.75) is 28.4 Å². The molecule has 1 aromatic carbocycles. The lowest BCUT2D eigenvalue weighted by molar-refractivity contribution is 0.164. The number of aromatic amines is 1. The van der Waals surface area contributed by atoms with Crippen LogP contribution in [-0.2, 0) is 11.3 Å². The van der Waals surface area contributed by atoms with Crippen molar-refractivity contribution in [2.75, 3.05) is 31.3 Å². The molecule has 3 aromatic rings. The first-order chi connectivity index (χ1) is 13.1. The first-order valence-corrected chi connectivity index (χ1v) is 10.3. The summed E-state index contributed by atoms with van der Waals surface area (Å²) in [5, 5.41) is 9.95. The Bertz CT molecular complexity index is 956. The summed E-state index contributed by atoms with van der Waals surface area (Å²) in [7, 11) is 0. The van der Waals surface area contributed by atoms with Crippen LogP contribution in [-0.4, -0.2) is 50.2 Å². The van der Waals surface area contributed by atoms with E-state index in [0.29, 0.717) is 10.8 Å². The van der Waals surface area contributed by atoms with E-state index in [1.807, 2.05) is 31.2 Å². The summed E-state index contributed by atoms with van der Waals surface area (Å²) in [6.45, 7) is 3.63. The van der Waals surface area contributed by atoms with E-state index in [-0.39, 0.29) is 24.6 Å². The van der Waals surface area contributed by atoms with Crippen LogP contribution in [0.1, 0.15) is 6.92 Å². The van der Waals surface area contributed by atoms with Crippen LogP contribution in [0.3, 0.4) is 0 Å². The highest BCUT2D eigenvalue weighted by atomic mass is 32.2. The number of anilines is 1. The van der Waals surface area contributed by atoms with Crippen LogP contribution < -0.4 is 11.3 Å². The Hall–Kier alpha value is -2.01. The number of nitrogens with zero attached hydrogens (tertiary/aromatic N) is 3. The molecule has 10 heteroatoms. The molecule has 2 aromatic heterocycles. The molecule has 0 aliphatic rings. The van der Waals surface area contributed by atoms with Gasteiger partial charge in [0.05, 0.1) is 13.2 Å². The van der Waals surface area contributed by atoms with Crippen LogP contribution in [0, 0.1) is 0 Å². The van der Waals surface area contributed by atoms with Crippen molar-refractivity contribution >= 4 is 40.6 Å². The third-order valence-corrected chi connectivity index (χ3v) is 5.62. The monoisotopic (exact) mass is 407 g/mol. The number of rotatable bonds is 9. The van der Waals surface area contributed by atoms with Gasteiger partial charge in [0.15, 0.2) is 16.3 Å². The van der Waals surface area contributed by atoms with Gasteiger partial charge < -0.3 is 20.1 Å². The van der Waals surface area contributed by atoms with Gasteiger partial charge in [0.25, 0.3) is 5.56 Å². The smallest absolute Gasteiger partial charge is 0.280 e. The summed E-state index contributed by atoms with van der Waals surface area (Å²) >= 11 is 3.14. The second-order valence-corrected chi connectivity index (χ2v) is 7.72. The Morgan fingerprint density at radius 2 is 2.00 bits per heavy atom. The van der Waals surface area contributed by atoms with E-state index in [4.69, 9.17) is 10.5 Å². The van der Waals surface area contributed by atoms with E-state index < -0.39 is 5.56 Å². The average molecular weight is 408 g/mol. The maximum atomic E-state index is 12.1. The number of aliphatic hydroxyl groups excluding tert-OH is 1. The van der Waals surface area contributed by atoms with Crippen LogP contribution in [0.2, 0.25) is 0 Å². The number of aliphatic hydroxyl groups is 1. The Morgan fingerprint density at radius 3 is 2.70 bits per heavy atom. The van der Waals surface area contributed by atoms with Gasteiger partial charge in [-0.3, -0.25) is 9.78 Å². The second-order valence-electron chi connectivity index (χ2n) is 5.51. The van der Waals surface area contributed by atoms with Crippen LogP contribution in [0.25, 0.3) is 11.2 Å². The number of hydrogen-bond acceptors (Lipinski definition) is 8. The van der Waals surface area contributed by atoms with Gasteiger partial charge in [-0.1, -0.05) is 11.8 Å². The summed E-state index contributed by atoms with van der Waals surface area (Å²) in [4.78, 5) is 25.2. The van der Waals surface area contributed by atoms with Gasteiger partial charge in [-0.15, -0.1) is 11.8 Å². The molecular weight excluding hydrogens is 386 g/mol. The molecule has 0 spiro atoms. The van der Waals surface area contributed by atoms with Crippen molar-refractivity contribution in [3.63, 3.8) is 0 Å². The Kier molecular flexibility index (Phi) is 6.78. The zero-order valence-electron chi connectivity index (χ0n) is 14.8. The molecule has 144 valence electrons. The Labute approximate surface area is 164 Å². The summed E-state index contributed by atoms with van der Waals surface area (Å²) in [6, 6.07) is 8.09. The fourth-order valence-electron chi connectivity index (χ4n) is 2.46. The predicted octanol–water partition coefficient (Wildman–Crippen LogP) is 1.97. The zero-order valence-corrected chi connectivity index (χ0v) is 16.5. The highest BCUT2D eigenvalue weighted by Gasteiger charge is 2.16. The number of fused-ring (bicyclic) bond motifs is 1. The lowest BCUT2D eigenvalue weighted by Gasteiger charge is -2.07. The van der Waals surface area contributed by atoms with Crippen molar-refractivity contribution in [2.24, 2.45) is 0 Å².